The third kappa shape index (κ3) is 2.38. The van der Waals surface area contributed by atoms with E-state index in [0.717, 1.165) is 0 Å². The van der Waals surface area contributed by atoms with E-state index in [2.05, 4.69) is 15.3 Å². The van der Waals surface area contributed by atoms with Gasteiger partial charge in [0.2, 0.25) is 5.95 Å². The summed E-state index contributed by atoms with van der Waals surface area (Å²) in [5.41, 5.74) is 5.84. The average Bonchev–Trinajstić information content (AvgIpc) is 2.24. The van der Waals surface area contributed by atoms with Gasteiger partial charge in [-0.15, -0.1) is 0 Å². The Bertz CT molecular complexity index is 518. The van der Waals surface area contributed by atoms with Crippen LogP contribution in [0.25, 0.3) is 0 Å². The molecule has 16 heavy (non-hydrogen) atoms. The molecule has 0 radical (unpaired) electrons. The quantitative estimate of drug-likeness (QED) is 0.844. The molecular formula is C10H8ClFN4. The van der Waals surface area contributed by atoms with Gasteiger partial charge in [0.05, 0.1) is 10.7 Å². The third-order valence-electron chi connectivity index (χ3n) is 1.87. The van der Waals surface area contributed by atoms with E-state index >= 15 is 0 Å². The first kappa shape index (κ1) is 10.6. The fourth-order valence-corrected chi connectivity index (χ4v) is 1.34. The summed E-state index contributed by atoms with van der Waals surface area (Å²) in [5, 5.41) is 3.25. The first-order valence-electron chi connectivity index (χ1n) is 4.46. The smallest absolute Gasteiger partial charge is 0.221 e. The highest BCUT2D eigenvalue weighted by Crippen LogP contribution is 2.25. The predicted molar refractivity (Wildman–Crippen MR) is 61.1 cm³/mol. The number of benzene rings is 1. The van der Waals surface area contributed by atoms with Crippen LogP contribution in [0.3, 0.4) is 0 Å². The Morgan fingerprint density at radius 1 is 1.31 bits per heavy atom. The van der Waals surface area contributed by atoms with Crippen LogP contribution >= 0.6 is 11.6 Å². The Hall–Kier alpha value is -1.88. The summed E-state index contributed by atoms with van der Waals surface area (Å²) in [5.74, 6) is 0.214. The van der Waals surface area contributed by atoms with Crippen LogP contribution in [-0.4, -0.2) is 9.97 Å². The molecule has 0 saturated heterocycles. The molecule has 0 unspecified atom stereocenters. The first-order chi connectivity index (χ1) is 7.65. The second-order valence-electron chi connectivity index (χ2n) is 3.05. The number of nitrogen functional groups attached to an aromatic ring is 1. The molecule has 2 rings (SSSR count). The van der Waals surface area contributed by atoms with Crippen molar-refractivity contribution in [1.82, 2.24) is 9.97 Å². The van der Waals surface area contributed by atoms with E-state index in [-0.39, 0.29) is 11.8 Å². The lowest BCUT2D eigenvalue weighted by Crippen LogP contribution is -1.99. The van der Waals surface area contributed by atoms with Gasteiger partial charge in [-0.1, -0.05) is 11.6 Å². The molecule has 0 spiro atoms. The maximum atomic E-state index is 13.0. The number of hydrogen-bond donors (Lipinski definition) is 2. The van der Waals surface area contributed by atoms with Gasteiger partial charge >= 0.3 is 0 Å². The number of anilines is 3. The van der Waals surface area contributed by atoms with Crippen molar-refractivity contribution in [2.24, 2.45) is 0 Å². The second kappa shape index (κ2) is 4.32. The summed E-state index contributed by atoms with van der Waals surface area (Å²) in [6, 6.07) is 5.63. The number of rotatable bonds is 2. The van der Waals surface area contributed by atoms with Crippen LogP contribution in [0.15, 0.2) is 30.5 Å². The SMILES string of the molecule is Nc1nccc(Nc2cc(F)ccc2Cl)n1. The first-order valence-corrected chi connectivity index (χ1v) is 4.83. The molecule has 82 valence electrons. The minimum atomic E-state index is -0.381. The minimum absolute atomic E-state index is 0.137. The average molecular weight is 239 g/mol. The van der Waals surface area contributed by atoms with Crippen LogP contribution in [0.1, 0.15) is 0 Å². The zero-order valence-electron chi connectivity index (χ0n) is 8.11. The van der Waals surface area contributed by atoms with E-state index in [1.807, 2.05) is 0 Å². The molecule has 0 aliphatic rings. The van der Waals surface area contributed by atoms with Crippen LogP contribution in [-0.2, 0) is 0 Å². The third-order valence-corrected chi connectivity index (χ3v) is 2.19. The van der Waals surface area contributed by atoms with E-state index in [4.69, 9.17) is 17.3 Å². The highest BCUT2D eigenvalue weighted by molar-refractivity contribution is 6.33. The highest BCUT2D eigenvalue weighted by atomic mass is 35.5. The largest absolute Gasteiger partial charge is 0.368 e. The molecule has 1 heterocycles. The molecule has 1 aromatic heterocycles. The molecule has 0 saturated carbocycles. The Labute approximate surface area is 96.3 Å². The van der Waals surface area contributed by atoms with Crippen molar-refractivity contribution in [2.45, 2.75) is 0 Å². The van der Waals surface area contributed by atoms with E-state index in [1.54, 1.807) is 6.07 Å². The van der Waals surface area contributed by atoms with E-state index in [0.29, 0.717) is 16.5 Å². The van der Waals surface area contributed by atoms with Gasteiger partial charge in [0.15, 0.2) is 0 Å². The van der Waals surface area contributed by atoms with Crippen LogP contribution in [0.4, 0.5) is 21.8 Å². The van der Waals surface area contributed by atoms with Gasteiger partial charge in [-0.25, -0.2) is 9.37 Å². The molecule has 0 aliphatic heterocycles. The van der Waals surface area contributed by atoms with E-state index < -0.39 is 0 Å². The molecule has 0 bridgehead atoms. The number of nitrogens with one attached hydrogen (secondary N) is 1. The molecule has 3 N–H and O–H groups in total. The molecule has 0 fully saturated rings. The van der Waals surface area contributed by atoms with Crippen molar-refractivity contribution in [1.29, 1.82) is 0 Å². The van der Waals surface area contributed by atoms with Gasteiger partial charge in [0, 0.05) is 6.20 Å². The number of nitrogens with zero attached hydrogens (tertiary/aromatic N) is 2. The lowest BCUT2D eigenvalue weighted by atomic mass is 10.3. The zero-order chi connectivity index (χ0) is 11.5. The number of hydrogen-bond acceptors (Lipinski definition) is 4. The predicted octanol–water partition coefficient (Wildman–Crippen LogP) is 2.59. The maximum Gasteiger partial charge on any atom is 0.221 e. The van der Waals surface area contributed by atoms with Crippen molar-refractivity contribution in [2.75, 3.05) is 11.1 Å². The van der Waals surface area contributed by atoms with Crippen molar-refractivity contribution in [3.8, 4) is 0 Å². The molecular weight excluding hydrogens is 231 g/mol. The molecule has 4 nitrogen and oxygen atoms in total. The summed E-state index contributed by atoms with van der Waals surface area (Å²) >= 11 is 5.88. The summed E-state index contributed by atoms with van der Waals surface area (Å²) in [4.78, 5) is 7.65. The topological polar surface area (TPSA) is 63.8 Å². The lowest BCUT2D eigenvalue weighted by molar-refractivity contribution is 0.628. The normalized spacial score (nSPS) is 10.1. The standard InChI is InChI=1S/C10H8ClFN4/c11-7-2-1-6(12)5-8(7)15-9-3-4-14-10(13)16-9/h1-5H,(H3,13,14,15,16). The molecule has 0 amide bonds. The molecule has 0 aliphatic carbocycles. The minimum Gasteiger partial charge on any atom is -0.368 e. The van der Waals surface area contributed by atoms with Crippen LogP contribution in [0.2, 0.25) is 5.02 Å². The fraction of sp³-hybridized carbons (Fsp3) is 0. The van der Waals surface area contributed by atoms with Gasteiger partial charge < -0.3 is 11.1 Å². The van der Waals surface area contributed by atoms with Crippen molar-refractivity contribution in [3.05, 3.63) is 41.3 Å². The summed E-state index contributed by atoms with van der Waals surface area (Å²) in [6.07, 6.45) is 1.50. The van der Waals surface area contributed by atoms with Gasteiger partial charge in [-0.2, -0.15) is 4.98 Å². The van der Waals surface area contributed by atoms with Crippen LogP contribution in [0.5, 0.6) is 0 Å². The van der Waals surface area contributed by atoms with E-state index in [1.165, 1.54) is 24.4 Å². The Morgan fingerprint density at radius 3 is 2.88 bits per heavy atom. The zero-order valence-corrected chi connectivity index (χ0v) is 8.87. The fourth-order valence-electron chi connectivity index (χ4n) is 1.17. The number of halogens is 2. The maximum absolute atomic E-state index is 13.0. The Kier molecular flexibility index (Phi) is 2.87. The monoisotopic (exact) mass is 238 g/mol. The van der Waals surface area contributed by atoms with Gasteiger partial charge in [-0.05, 0) is 24.3 Å². The van der Waals surface area contributed by atoms with Crippen molar-refractivity contribution < 1.29 is 4.39 Å². The molecule has 0 atom stereocenters. The highest BCUT2D eigenvalue weighted by Gasteiger charge is 2.03. The van der Waals surface area contributed by atoms with Crippen molar-refractivity contribution >= 4 is 29.1 Å². The van der Waals surface area contributed by atoms with Crippen LogP contribution < -0.4 is 11.1 Å². The molecule has 6 heteroatoms. The lowest BCUT2D eigenvalue weighted by Gasteiger charge is -2.07. The van der Waals surface area contributed by atoms with Crippen molar-refractivity contribution in [3.63, 3.8) is 0 Å². The van der Waals surface area contributed by atoms with Gasteiger partial charge in [0.25, 0.3) is 0 Å². The summed E-state index contributed by atoms with van der Waals surface area (Å²) in [7, 11) is 0. The Balaban J connectivity index is 2.30. The molecule has 1 aromatic carbocycles. The Morgan fingerprint density at radius 2 is 2.12 bits per heavy atom. The van der Waals surface area contributed by atoms with E-state index in [9.17, 15) is 4.39 Å². The van der Waals surface area contributed by atoms with Crippen LogP contribution in [0, 0.1) is 5.82 Å². The number of nitrogens with two attached hydrogens (primary N) is 1. The van der Waals surface area contributed by atoms with Gasteiger partial charge in [0.1, 0.15) is 11.6 Å². The molecule has 2 aromatic rings. The summed E-state index contributed by atoms with van der Waals surface area (Å²) in [6.45, 7) is 0. The number of aromatic nitrogens is 2. The van der Waals surface area contributed by atoms with Gasteiger partial charge in [-0.3, -0.25) is 0 Å². The second-order valence-corrected chi connectivity index (χ2v) is 3.46. The summed E-state index contributed by atoms with van der Waals surface area (Å²) < 4.78 is 13.0.